The lowest BCUT2D eigenvalue weighted by Gasteiger charge is -2.30. The van der Waals surface area contributed by atoms with E-state index in [0.29, 0.717) is 0 Å². The first-order chi connectivity index (χ1) is 23.4. The Bertz CT molecular complexity index is 2790. The molecular weight excluding hydrogens is 601 g/mol. The molecule has 2 heterocycles. The maximum absolute atomic E-state index is 2.55. The number of aromatic nitrogens is 1. The average Bonchev–Trinajstić information content (AvgIpc) is 3.71. The first kappa shape index (κ1) is 27.7. The molecular formula is C45H34N2S. The van der Waals surface area contributed by atoms with Crippen LogP contribution in [0.15, 0.2) is 133 Å². The van der Waals surface area contributed by atoms with Gasteiger partial charge in [0.25, 0.3) is 0 Å². The van der Waals surface area contributed by atoms with Crippen molar-refractivity contribution in [3.05, 3.63) is 150 Å². The third-order valence-electron chi connectivity index (χ3n) is 10.8. The first-order valence-electron chi connectivity index (χ1n) is 16.8. The van der Waals surface area contributed by atoms with E-state index >= 15 is 0 Å². The number of rotatable bonds is 3. The van der Waals surface area contributed by atoms with Crippen molar-refractivity contribution in [2.75, 3.05) is 4.90 Å². The van der Waals surface area contributed by atoms with Crippen molar-refractivity contribution in [3.63, 3.8) is 0 Å². The van der Waals surface area contributed by atoms with Gasteiger partial charge in [-0.15, -0.1) is 11.3 Å². The van der Waals surface area contributed by atoms with Crippen molar-refractivity contribution in [2.24, 2.45) is 7.05 Å². The average molecular weight is 635 g/mol. The van der Waals surface area contributed by atoms with Crippen molar-refractivity contribution < 1.29 is 0 Å². The van der Waals surface area contributed by atoms with E-state index in [4.69, 9.17) is 0 Å². The summed E-state index contributed by atoms with van der Waals surface area (Å²) in [6.45, 7) is 7.00. The largest absolute Gasteiger partial charge is 0.344 e. The van der Waals surface area contributed by atoms with Crippen LogP contribution in [0.4, 0.5) is 17.1 Å². The van der Waals surface area contributed by atoms with E-state index in [1.165, 1.54) is 91.9 Å². The molecule has 2 aromatic heterocycles. The Labute approximate surface area is 284 Å². The van der Waals surface area contributed by atoms with Crippen molar-refractivity contribution in [1.82, 2.24) is 4.57 Å². The molecule has 2 nitrogen and oxygen atoms in total. The molecule has 0 saturated carbocycles. The molecule has 0 N–H and O–H groups in total. The van der Waals surface area contributed by atoms with Gasteiger partial charge in [-0.1, -0.05) is 104 Å². The fourth-order valence-electron chi connectivity index (χ4n) is 8.51. The van der Waals surface area contributed by atoms with Crippen molar-refractivity contribution >= 4 is 81.1 Å². The summed E-state index contributed by atoms with van der Waals surface area (Å²) in [6.07, 6.45) is 0. The topological polar surface area (TPSA) is 8.17 Å². The van der Waals surface area contributed by atoms with Crippen LogP contribution in [0.25, 0.3) is 63.9 Å². The SMILES string of the molecule is Cc1ccc2c(c1)C(C)(C)c1cc(N(c3ccc4c(c3)c3ccccc3n4C)c3cccc4sc5ccccc5c34)c3ccccc3c1-2. The van der Waals surface area contributed by atoms with Crippen LogP contribution in [0.1, 0.15) is 30.5 Å². The predicted molar refractivity (Wildman–Crippen MR) is 208 cm³/mol. The van der Waals surface area contributed by atoms with E-state index in [-0.39, 0.29) is 5.41 Å². The van der Waals surface area contributed by atoms with Crippen LogP contribution in [-0.2, 0) is 12.5 Å². The van der Waals surface area contributed by atoms with Crippen molar-refractivity contribution in [3.8, 4) is 11.1 Å². The number of para-hydroxylation sites is 1. The van der Waals surface area contributed by atoms with E-state index in [1.807, 2.05) is 11.3 Å². The van der Waals surface area contributed by atoms with Crippen LogP contribution in [0.3, 0.4) is 0 Å². The maximum Gasteiger partial charge on any atom is 0.0555 e. The van der Waals surface area contributed by atoms with E-state index in [1.54, 1.807) is 0 Å². The lowest BCUT2D eigenvalue weighted by atomic mass is 9.81. The summed E-state index contributed by atoms with van der Waals surface area (Å²) in [5.74, 6) is 0. The lowest BCUT2D eigenvalue weighted by Crippen LogP contribution is -2.17. The molecule has 1 aliphatic carbocycles. The zero-order valence-corrected chi connectivity index (χ0v) is 28.3. The molecule has 7 aromatic carbocycles. The minimum atomic E-state index is -0.137. The smallest absolute Gasteiger partial charge is 0.0555 e. The number of thiophene rings is 1. The van der Waals surface area contributed by atoms with Gasteiger partial charge in [-0.3, -0.25) is 0 Å². The van der Waals surface area contributed by atoms with Gasteiger partial charge >= 0.3 is 0 Å². The Balaban J connectivity index is 1.35. The van der Waals surface area contributed by atoms with Gasteiger partial charge in [0.05, 0.1) is 11.4 Å². The third-order valence-corrected chi connectivity index (χ3v) is 12.0. The fraction of sp³-hybridized carbons (Fsp3) is 0.111. The molecule has 0 amide bonds. The molecule has 0 atom stereocenters. The standard InChI is InChI=1S/C45H34N2S/c1-27-20-22-32-35(24-27)45(2,3)36-26-40(29-12-5-6-14-31(29)43(32)36)47(39-17-11-19-42-44(39)33-15-8-10-18-41(33)48-42)28-21-23-38-34(25-28)30-13-7-9-16-37(30)46(38)4/h5-26H,1-4H3. The summed E-state index contributed by atoms with van der Waals surface area (Å²) in [4.78, 5) is 2.55. The van der Waals surface area contributed by atoms with Crippen LogP contribution in [0, 0.1) is 6.92 Å². The molecule has 9 aromatic rings. The number of hydrogen-bond donors (Lipinski definition) is 0. The molecule has 0 unspecified atom stereocenters. The molecule has 1 aliphatic rings. The van der Waals surface area contributed by atoms with Gasteiger partial charge in [0.15, 0.2) is 0 Å². The highest BCUT2D eigenvalue weighted by molar-refractivity contribution is 7.26. The van der Waals surface area contributed by atoms with Gasteiger partial charge in [0.1, 0.15) is 0 Å². The summed E-state index contributed by atoms with van der Waals surface area (Å²) >= 11 is 1.88. The Kier molecular flexibility index (Phi) is 5.67. The maximum atomic E-state index is 2.55. The van der Waals surface area contributed by atoms with Crippen molar-refractivity contribution in [2.45, 2.75) is 26.2 Å². The second-order valence-corrected chi connectivity index (χ2v) is 15.0. The van der Waals surface area contributed by atoms with Crippen molar-refractivity contribution in [1.29, 1.82) is 0 Å². The highest BCUT2D eigenvalue weighted by Crippen LogP contribution is 2.55. The normalized spacial score (nSPS) is 13.6. The quantitative estimate of drug-likeness (QED) is 0.188. The number of fused-ring (bicyclic) bond motifs is 11. The summed E-state index contributed by atoms with van der Waals surface area (Å²) in [6, 6.07) is 50.0. The molecule has 0 spiro atoms. The monoisotopic (exact) mass is 634 g/mol. The van der Waals surface area contributed by atoms with Gasteiger partial charge < -0.3 is 9.47 Å². The van der Waals surface area contributed by atoms with Crippen LogP contribution in [-0.4, -0.2) is 4.57 Å². The molecule has 230 valence electrons. The Morgan fingerprint density at radius 1 is 0.562 bits per heavy atom. The Morgan fingerprint density at radius 2 is 1.27 bits per heavy atom. The van der Waals surface area contributed by atoms with E-state index in [9.17, 15) is 0 Å². The number of aryl methyl sites for hydroxylation is 2. The summed E-state index contributed by atoms with van der Waals surface area (Å²) < 4.78 is 4.94. The molecule has 0 aliphatic heterocycles. The minimum Gasteiger partial charge on any atom is -0.344 e. The third kappa shape index (κ3) is 3.68. The van der Waals surface area contributed by atoms with Gasteiger partial charge in [-0.25, -0.2) is 0 Å². The van der Waals surface area contributed by atoms with Gasteiger partial charge in [-0.2, -0.15) is 0 Å². The van der Waals surface area contributed by atoms with Crippen LogP contribution >= 0.6 is 11.3 Å². The Hall–Kier alpha value is -5.38. The van der Waals surface area contributed by atoms with E-state index < -0.39 is 0 Å². The number of nitrogens with zero attached hydrogens (tertiary/aromatic N) is 2. The molecule has 0 saturated heterocycles. The second kappa shape index (κ2) is 9.82. The van der Waals surface area contributed by atoms with Gasteiger partial charge in [0.2, 0.25) is 0 Å². The number of anilines is 3. The van der Waals surface area contributed by atoms with E-state index in [2.05, 4.69) is 171 Å². The van der Waals surface area contributed by atoms with Gasteiger partial charge in [0, 0.05) is 65.5 Å². The molecule has 3 heteroatoms. The van der Waals surface area contributed by atoms with Gasteiger partial charge in [-0.05, 0) is 83.1 Å². The summed E-state index contributed by atoms with van der Waals surface area (Å²) in [5, 5.41) is 7.72. The number of hydrogen-bond acceptors (Lipinski definition) is 2. The Morgan fingerprint density at radius 3 is 2.12 bits per heavy atom. The molecule has 48 heavy (non-hydrogen) atoms. The zero-order chi connectivity index (χ0) is 32.3. The molecule has 0 bridgehead atoms. The van der Waals surface area contributed by atoms with Crippen LogP contribution in [0.5, 0.6) is 0 Å². The van der Waals surface area contributed by atoms with E-state index in [0.717, 1.165) is 5.69 Å². The zero-order valence-electron chi connectivity index (χ0n) is 27.5. The molecule has 0 fully saturated rings. The molecule has 0 radical (unpaired) electrons. The highest BCUT2D eigenvalue weighted by atomic mass is 32.1. The van der Waals surface area contributed by atoms with Crippen LogP contribution in [0.2, 0.25) is 0 Å². The summed E-state index contributed by atoms with van der Waals surface area (Å²) in [7, 11) is 2.18. The molecule has 10 rings (SSSR count). The first-order valence-corrected chi connectivity index (χ1v) is 17.6. The predicted octanol–water partition coefficient (Wildman–Crippen LogP) is 12.9. The lowest BCUT2D eigenvalue weighted by molar-refractivity contribution is 0.660. The minimum absolute atomic E-state index is 0.137. The number of benzene rings is 7. The van der Waals surface area contributed by atoms with Crippen LogP contribution < -0.4 is 4.90 Å². The fourth-order valence-corrected chi connectivity index (χ4v) is 9.63. The second-order valence-electron chi connectivity index (χ2n) is 13.9. The highest BCUT2D eigenvalue weighted by Gasteiger charge is 2.38. The summed E-state index contributed by atoms with van der Waals surface area (Å²) in [5.41, 5.74) is 12.8.